The van der Waals surface area contributed by atoms with Crippen molar-refractivity contribution in [3.63, 3.8) is 0 Å². The van der Waals surface area contributed by atoms with Gasteiger partial charge in [-0.3, -0.25) is 9.68 Å². The summed E-state index contributed by atoms with van der Waals surface area (Å²) in [7, 11) is 0. The number of carbonyl (C=O) groups excluding carboxylic acids is 2. The van der Waals surface area contributed by atoms with Crippen molar-refractivity contribution in [1.29, 1.82) is 0 Å². The molecule has 0 fully saturated rings. The second kappa shape index (κ2) is 12.1. The fourth-order valence-electron chi connectivity index (χ4n) is 3.79. The molecule has 0 aromatic heterocycles. The summed E-state index contributed by atoms with van der Waals surface area (Å²) in [6.45, 7) is 4.21. The van der Waals surface area contributed by atoms with Crippen molar-refractivity contribution in [2.45, 2.75) is 65.2 Å². The van der Waals surface area contributed by atoms with E-state index in [0.29, 0.717) is 12.0 Å². The molecule has 0 unspecified atom stereocenters. The second-order valence-electron chi connectivity index (χ2n) is 7.11. The van der Waals surface area contributed by atoms with Gasteiger partial charge in [0.25, 0.3) is 0 Å². The standard InChI is InChI=1S/C24H31NO4/c1-3-18-16-17-22(24(27)28-29-25)21(20(18)4-2)14-10-5-6-11-15-23(26)19-12-8-7-9-13-19/h7-9,12-13,16-17H,3-6,10-11,14-15,25H2,1-2H3. The van der Waals surface area contributed by atoms with Crippen molar-refractivity contribution in [1.82, 2.24) is 0 Å². The third-order valence-electron chi connectivity index (χ3n) is 5.28. The van der Waals surface area contributed by atoms with Crippen LogP contribution in [0.3, 0.4) is 0 Å². The monoisotopic (exact) mass is 397 g/mol. The number of benzene rings is 2. The predicted molar refractivity (Wildman–Crippen MR) is 113 cm³/mol. The number of aryl methyl sites for hydroxylation is 1. The average Bonchev–Trinajstić information content (AvgIpc) is 2.75. The van der Waals surface area contributed by atoms with Crippen LogP contribution in [0.5, 0.6) is 0 Å². The Bertz CT molecular complexity index is 802. The number of carbonyl (C=O) groups is 2. The largest absolute Gasteiger partial charge is 0.375 e. The third-order valence-corrected chi connectivity index (χ3v) is 5.28. The fourth-order valence-corrected chi connectivity index (χ4v) is 3.79. The molecule has 0 aliphatic heterocycles. The molecule has 0 bridgehead atoms. The SMILES string of the molecule is CCc1ccc(C(=O)OON)c(CCCCCCC(=O)c2ccccc2)c1CC. The maximum Gasteiger partial charge on any atom is 0.375 e. The van der Waals surface area contributed by atoms with Crippen LogP contribution in [0.25, 0.3) is 0 Å². The van der Waals surface area contributed by atoms with E-state index in [9.17, 15) is 9.59 Å². The van der Waals surface area contributed by atoms with Crippen molar-refractivity contribution in [3.8, 4) is 0 Å². The number of ketones is 1. The molecule has 156 valence electrons. The van der Waals surface area contributed by atoms with Gasteiger partial charge < -0.3 is 0 Å². The predicted octanol–water partition coefficient (Wildman–Crippen LogP) is 5.15. The molecule has 5 heteroatoms. The summed E-state index contributed by atoms with van der Waals surface area (Å²) < 4.78 is 0. The Hall–Kier alpha value is -2.50. The normalized spacial score (nSPS) is 10.7. The molecule has 0 aliphatic rings. The zero-order valence-electron chi connectivity index (χ0n) is 17.4. The molecule has 0 spiro atoms. The molecule has 2 aromatic carbocycles. The zero-order valence-corrected chi connectivity index (χ0v) is 17.4. The summed E-state index contributed by atoms with van der Waals surface area (Å²) in [5.41, 5.74) is 4.78. The summed E-state index contributed by atoms with van der Waals surface area (Å²) in [5, 5.41) is 0. The number of rotatable bonds is 12. The molecule has 2 rings (SSSR count). The van der Waals surface area contributed by atoms with E-state index in [-0.39, 0.29) is 5.78 Å². The van der Waals surface area contributed by atoms with Crippen LogP contribution in [0.4, 0.5) is 0 Å². The molecule has 0 heterocycles. The van der Waals surface area contributed by atoms with Gasteiger partial charge in [0.2, 0.25) is 0 Å². The minimum absolute atomic E-state index is 0.196. The summed E-state index contributed by atoms with van der Waals surface area (Å²) in [6.07, 6.45) is 6.94. The van der Waals surface area contributed by atoms with Crippen LogP contribution in [-0.2, 0) is 29.1 Å². The molecular formula is C24H31NO4. The van der Waals surface area contributed by atoms with Crippen LogP contribution >= 0.6 is 0 Å². The number of hydrogen-bond donors (Lipinski definition) is 1. The molecule has 2 N–H and O–H groups in total. The topological polar surface area (TPSA) is 78.6 Å². The van der Waals surface area contributed by atoms with Gasteiger partial charge in [0.15, 0.2) is 5.78 Å². The van der Waals surface area contributed by atoms with Crippen molar-refractivity contribution >= 4 is 11.8 Å². The summed E-state index contributed by atoms with van der Waals surface area (Å²) >= 11 is 0. The van der Waals surface area contributed by atoms with Crippen LogP contribution in [0.2, 0.25) is 0 Å². The highest BCUT2D eigenvalue weighted by Crippen LogP contribution is 2.24. The van der Waals surface area contributed by atoms with E-state index >= 15 is 0 Å². The van der Waals surface area contributed by atoms with Gasteiger partial charge in [-0.2, -0.15) is 5.90 Å². The van der Waals surface area contributed by atoms with Gasteiger partial charge in [0, 0.05) is 12.0 Å². The Kier molecular flexibility index (Phi) is 9.54. The minimum Gasteiger partial charge on any atom is -0.294 e. The molecule has 2 aromatic rings. The summed E-state index contributed by atoms with van der Waals surface area (Å²) in [4.78, 5) is 33.0. The summed E-state index contributed by atoms with van der Waals surface area (Å²) in [5.74, 6) is 4.53. The molecular weight excluding hydrogens is 366 g/mol. The first-order valence-electron chi connectivity index (χ1n) is 10.4. The first-order chi connectivity index (χ1) is 14.1. The van der Waals surface area contributed by atoms with Gasteiger partial charge in [-0.1, -0.05) is 68.1 Å². The van der Waals surface area contributed by atoms with E-state index in [4.69, 9.17) is 5.90 Å². The molecule has 0 saturated carbocycles. The average molecular weight is 398 g/mol. The van der Waals surface area contributed by atoms with Gasteiger partial charge in [0.1, 0.15) is 0 Å². The number of hydrogen-bond acceptors (Lipinski definition) is 5. The highest BCUT2D eigenvalue weighted by atomic mass is 17.3. The molecule has 0 saturated heterocycles. The van der Waals surface area contributed by atoms with Gasteiger partial charge in [-0.15, -0.1) is 0 Å². The number of nitrogens with two attached hydrogens (primary N) is 1. The first kappa shape index (κ1) is 22.8. The van der Waals surface area contributed by atoms with Gasteiger partial charge >= 0.3 is 5.97 Å². The number of unbranched alkanes of at least 4 members (excludes halogenated alkanes) is 3. The Labute approximate surface area is 173 Å². The van der Waals surface area contributed by atoms with Gasteiger partial charge in [0.05, 0.1) is 5.56 Å². The molecule has 0 atom stereocenters. The maximum absolute atomic E-state index is 12.2. The fraction of sp³-hybridized carbons (Fsp3) is 0.417. The van der Waals surface area contributed by atoms with Crippen molar-refractivity contribution in [2.24, 2.45) is 5.90 Å². The number of Topliss-reactive ketones (excluding diaryl/α,β-unsaturated/α-hetero) is 1. The summed E-state index contributed by atoms with van der Waals surface area (Å²) in [6, 6.07) is 13.2. The van der Waals surface area contributed by atoms with E-state index in [1.54, 1.807) is 6.07 Å². The lowest BCUT2D eigenvalue weighted by atomic mass is 9.89. The molecule has 5 nitrogen and oxygen atoms in total. The van der Waals surface area contributed by atoms with E-state index in [2.05, 4.69) is 23.7 Å². The van der Waals surface area contributed by atoms with Gasteiger partial charge in [-0.05, 0) is 54.9 Å². The van der Waals surface area contributed by atoms with E-state index in [1.165, 1.54) is 11.1 Å². The van der Waals surface area contributed by atoms with Crippen molar-refractivity contribution < 1.29 is 19.5 Å². The Morgan fingerprint density at radius 2 is 1.59 bits per heavy atom. The molecule has 29 heavy (non-hydrogen) atoms. The minimum atomic E-state index is -0.562. The van der Waals surface area contributed by atoms with Crippen LogP contribution < -0.4 is 5.90 Å². The van der Waals surface area contributed by atoms with Crippen molar-refractivity contribution in [3.05, 3.63) is 70.3 Å². The Morgan fingerprint density at radius 1 is 0.862 bits per heavy atom. The first-order valence-corrected chi connectivity index (χ1v) is 10.4. The maximum atomic E-state index is 12.2. The third kappa shape index (κ3) is 6.51. The molecule has 0 aliphatic carbocycles. The van der Waals surface area contributed by atoms with E-state index in [0.717, 1.165) is 56.1 Å². The Morgan fingerprint density at radius 3 is 2.24 bits per heavy atom. The van der Waals surface area contributed by atoms with Crippen LogP contribution in [-0.4, -0.2) is 11.8 Å². The van der Waals surface area contributed by atoms with Crippen LogP contribution in [0, 0.1) is 0 Å². The lowest BCUT2D eigenvalue weighted by Crippen LogP contribution is -2.14. The van der Waals surface area contributed by atoms with Gasteiger partial charge in [-0.25, -0.2) is 4.79 Å². The van der Waals surface area contributed by atoms with E-state index in [1.807, 2.05) is 36.4 Å². The highest BCUT2D eigenvalue weighted by Gasteiger charge is 2.18. The van der Waals surface area contributed by atoms with Crippen LogP contribution in [0.1, 0.15) is 83.4 Å². The van der Waals surface area contributed by atoms with Crippen molar-refractivity contribution in [2.75, 3.05) is 0 Å². The van der Waals surface area contributed by atoms with Crippen LogP contribution in [0.15, 0.2) is 42.5 Å². The highest BCUT2D eigenvalue weighted by molar-refractivity contribution is 5.95. The lowest BCUT2D eigenvalue weighted by molar-refractivity contribution is -0.245. The smallest absolute Gasteiger partial charge is 0.294 e. The Balaban J connectivity index is 1.91. The molecule has 0 radical (unpaired) electrons. The lowest BCUT2D eigenvalue weighted by Gasteiger charge is -2.16. The zero-order chi connectivity index (χ0) is 21.1. The molecule has 0 amide bonds. The van der Waals surface area contributed by atoms with E-state index < -0.39 is 5.97 Å². The quantitative estimate of drug-likeness (QED) is 0.232. The second-order valence-corrected chi connectivity index (χ2v) is 7.11.